The highest BCUT2D eigenvalue weighted by atomic mass is 35.5. The largest absolute Gasteiger partial charge is 0.453 e. The molecule has 9 nitrogen and oxygen atoms in total. The Labute approximate surface area is 252 Å². The van der Waals surface area contributed by atoms with Gasteiger partial charge in [0.15, 0.2) is 0 Å². The summed E-state index contributed by atoms with van der Waals surface area (Å²) in [5.74, 6) is -1.62. The lowest BCUT2D eigenvalue weighted by Gasteiger charge is -2.40. The quantitative estimate of drug-likeness (QED) is 0.335. The van der Waals surface area contributed by atoms with Gasteiger partial charge in [-0.2, -0.15) is 4.31 Å². The van der Waals surface area contributed by atoms with Crippen LogP contribution in [-0.2, 0) is 26.0 Å². The van der Waals surface area contributed by atoms with Gasteiger partial charge in [-0.15, -0.1) is 0 Å². The van der Waals surface area contributed by atoms with Crippen molar-refractivity contribution in [1.82, 2.24) is 14.9 Å². The molecule has 1 aliphatic carbocycles. The molecule has 0 bridgehead atoms. The maximum absolute atomic E-state index is 15.3. The number of methoxy groups -OCH3 is 1. The summed E-state index contributed by atoms with van der Waals surface area (Å²) in [6.45, 7) is 6.76. The summed E-state index contributed by atoms with van der Waals surface area (Å²) >= 11 is 6.25. The molecule has 1 unspecified atom stereocenters. The number of anilines is 1. The molecule has 2 fully saturated rings. The molecule has 12 heteroatoms. The lowest BCUT2D eigenvalue weighted by molar-refractivity contribution is -0.118. The maximum Gasteiger partial charge on any atom is 0.407 e. The fourth-order valence-electron chi connectivity index (χ4n) is 5.86. The van der Waals surface area contributed by atoms with Gasteiger partial charge in [0.2, 0.25) is 15.9 Å². The molecule has 2 aliphatic rings. The van der Waals surface area contributed by atoms with E-state index in [-0.39, 0.29) is 40.9 Å². The third-order valence-electron chi connectivity index (χ3n) is 8.01. The molecule has 0 spiro atoms. The molecule has 2 aromatic rings. The minimum atomic E-state index is -3.43. The SMILES string of the molecule is COC(=O)N[C@H](C(=O)Nc1cccc(F)c1CC[C@H]1CNC[C@@H](C)N1S(=O)(=O)C1CC1)C(c1cccc(Cl)c1)C(C)C. The van der Waals surface area contributed by atoms with Crippen LogP contribution in [0.5, 0.6) is 0 Å². The van der Waals surface area contributed by atoms with Crippen molar-refractivity contribution in [2.75, 3.05) is 25.5 Å². The van der Waals surface area contributed by atoms with E-state index in [1.54, 1.807) is 28.6 Å². The lowest BCUT2D eigenvalue weighted by atomic mass is 9.82. The van der Waals surface area contributed by atoms with E-state index >= 15 is 4.39 Å². The van der Waals surface area contributed by atoms with Crippen LogP contribution in [0, 0.1) is 11.7 Å². The van der Waals surface area contributed by atoms with Crippen LogP contribution in [0.25, 0.3) is 0 Å². The second-order valence-electron chi connectivity index (χ2n) is 11.5. The minimum Gasteiger partial charge on any atom is -0.453 e. The Morgan fingerprint density at radius 3 is 2.52 bits per heavy atom. The number of rotatable bonds is 11. The molecular weight excluding hydrogens is 583 g/mol. The van der Waals surface area contributed by atoms with Crippen LogP contribution >= 0.6 is 11.6 Å². The van der Waals surface area contributed by atoms with Crippen molar-refractivity contribution in [3.05, 3.63) is 64.4 Å². The molecule has 2 amide bonds. The van der Waals surface area contributed by atoms with Gasteiger partial charge in [-0.1, -0.05) is 43.6 Å². The summed E-state index contributed by atoms with van der Waals surface area (Å²) in [4.78, 5) is 26.1. The standard InChI is InChI=1S/C30H40ClFN4O5S/c1-18(2)27(20-7-5-8-21(31)15-20)28(35-30(38)41-4)29(37)34-26-10-6-9-25(32)24(26)14-11-22-17-33-16-19(3)36(22)42(39,40)23-12-13-23/h5-10,15,18-19,22-23,27-28,33H,11-14,16-17H2,1-4H3,(H,34,37)(H,35,38)/t19-,22+,27?,28+/m1/s1. The van der Waals surface area contributed by atoms with Gasteiger partial charge >= 0.3 is 6.09 Å². The van der Waals surface area contributed by atoms with Gasteiger partial charge in [0.1, 0.15) is 11.9 Å². The molecule has 1 saturated heterocycles. The first kappa shape index (κ1) is 32.2. The number of hydrogen-bond donors (Lipinski definition) is 3. The van der Waals surface area contributed by atoms with Crippen molar-refractivity contribution in [2.24, 2.45) is 5.92 Å². The van der Waals surface area contributed by atoms with Gasteiger partial charge in [-0.05, 0) is 68.4 Å². The summed E-state index contributed by atoms with van der Waals surface area (Å²) in [6.07, 6.45) is 1.13. The Kier molecular flexibility index (Phi) is 10.5. The predicted octanol–water partition coefficient (Wildman–Crippen LogP) is 4.67. The summed E-state index contributed by atoms with van der Waals surface area (Å²) in [5.41, 5.74) is 1.29. The van der Waals surface area contributed by atoms with Crippen LogP contribution in [0.4, 0.5) is 14.9 Å². The first-order chi connectivity index (χ1) is 19.9. The number of alkyl carbamates (subject to hydrolysis) is 1. The number of carbonyl (C=O) groups is 2. The number of halogens is 2. The van der Waals surface area contributed by atoms with Crippen molar-refractivity contribution >= 4 is 39.3 Å². The van der Waals surface area contributed by atoms with E-state index in [2.05, 4.69) is 16.0 Å². The highest BCUT2D eigenvalue weighted by Crippen LogP contribution is 2.35. The van der Waals surface area contributed by atoms with Crippen molar-refractivity contribution in [2.45, 2.75) is 75.7 Å². The van der Waals surface area contributed by atoms with Gasteiger partial charge in [0.05, 0.1) is 12.4 Å². The van der Waals surface area contributed by atoms with E-state index in [0.29, 0.717) is 37.4 Å². The molecule has 0 aromatic heterocycles. The zero-order chi connectivity index (χ0) is 30.6. The number of piperazine rings is 1. The molecule has 1 heterocycles. The normalized spacial score (nSPS) is 21.0. The molecule has 0 radical (unpaired) electrons. The lowest BCUT2D eigenvalue weighted by Crippen LogP contribution is -2.59. The average molecular weight is 623 g/mol. The molecule has 3 N–H and O–H groups in total. The molecule has 42 heavy (non-hydrogen) atoms. The van der Waals surface area contributed by atoms with Gasteiger partial charge in [0, 0.05) is 47.4 Å². The number of nitrogens with zero attached hydrogens (tertiary/aromatic N) is 1. The zero-order valence-corrected chi connectivity index (χ0v) is 26.0. The predicted molar refractivity (Wildman–Crippen MR) is 162 cm³/mol. The third-order valence-corrected chi connectivity index (χ3v) is 10.8. The molecule has 4 rings (SSSR count). The highest BCUT2D eigenvalue weighted by Gasteiger charge is 2.45. The number of ether oxygens (including phenoxy) is 1. The van der Waals surface area contributed by atoms with Crippen LogP contribution in [0.1, 0.15) is 57.1 Å². The molecule has 1 saturated carbocycles. The van der Waals surface area contributed by atoms with Crippen LogP contribution in [0.3, 0.4) is 0 Å². The van der Waals surface area contributed by atoms with Crippen molar-refractivity contribution in [3.63, 3.8) is 0 Å². The Morgan fingerprint density at radius 1 is 1.17 bits per heavy atom. The number of sulfonamides is 1. The van der Waals surface area contributed by atoms with Crippen LogP contribution < -0.4 is 16.0 Å². The number of amides is 2. The van der Waals surface area contributed by atoms with E-state index in [1.165, 1.54) is 19.2 Å². The van der Waals surface area contributed by atoms with E-state index in [4.69, 9.17) is 16.3 Å². The molecule has 2 aromatic carbocycles. The monoisotopic (exact) mass is 622 g/mol. The summed E-state index contributed by atoms with van der Waals surface area (Å²) in [6, 6.07) is 9.90. The van der Waals surface area contributed by atoms with Crippen LogP contribution in [0.2, 0.25) is 5.02 Å². The number of benzene rings is 2. The average Bonchev–Trinajstić information content (AvgIpc) is 3.78. The Balaban J connectivity index is 1.59. The van der Waals surface area contributed by atoms with Gasteiger partial charge in [-0.25, -0.2) is 17.6 Å². The minimum absolute atomic E-state index is 0.0939. The Bertz CT molecular complexity index is 1390. The second-order valence-corrected chi connectivity index (χ2v) is 14.0. The second kappa shape index (κ2) is 13.7. The number of nitrogens with one attached hydrogen (secondary N) is 3. The van der Waals surface area contributed by atoms with Crippen LogP contribution in [0.15, 0.2) is 42.5 Å². The summed E-state index contributed by atoms with van der Waals surface area (Å²) in [5, 5.41) is 8.94. The van der Waals surface area contributed by atoms with Gasteiger partial charge in [-0.3, -0.25) is 4.79 Å². The zero-order valence-electron chi connectivity index (χ0n) is 24.4. The first-order valence-electron chi connectivity index (χ1n) is 14.3. The maximum atomic E-state index is 15.3. The fourth-order valence-corrected chi connectivity index (χ4v) is 8.30. The van der Waals surface area contributed by atoms with Crippen molar-refractivity contribution in [1.29, 1.82) is 0 Å². The Morgan fingerprint density at radius 2 is 1.88 bits per heavy atom. The summed E-state index contributed by atoms with van der Waals surface area (Å²) in [7, 11) is -2.22. The van der Waals surface area contributed by atoms with E-state index in [0.717, 1.165) is 5.56 Å². The summed E-state index contributed by atoms with van der Waals surface area (Å²) < 4.78 is 48.1. The highest BCUT2D eigenvalue weighted by molar-refractivity contribution is 7.90. The van der Waals surface area contributed by atoms with E-state index in [9.17, 15) is 18.0 Å². The molecule has 4 atom stereocenters. The third kappa shape index (κ3) is 7.42. The van der Waals surface area contributed by atoms with Gasteiger partial charge < -0.3 is 20.7 Å². The first-order valence-corrected chi connectivity index (χ1v) is 16.2. The van der Waals surface area contributed by atoms with Crippen LogP contribution in [-0.4, -0.2) is 68.3 Å². The van der Waals surface area contributed by atoms with Crippen molar-refractivity contribution < 1.29 is 27.1 Å². The number of carbonyl (C=O) groups excluding carboxylic acids is 2. The smallest absolute Gasteiger partial charge is 0.407 e. The Hall–Kier alpha value is -2.73. The molecule has 230 valence electrons. The van der Waals surface area contributed by atoms with Gasteiger partial charge in [0.25, 0.3) is 0 Å². The molecular formula is C30H40ClFN4O5S. The van der Waals surface area contributed by atoms with Crippen molar-refractivity contribution in [3.8, 4) is 0 Å². The molecule has 1 aliphatic heterocycles. The van der Waals surface area contributed by atoms with E-state index < -0.39 is 39.8 Å². The topological polar surface area (TPSA) is 117 Å². The van der Waals surface area contributed by atoms with E-state index in [1.807, 2.05) is 26.8 Å². The number of hydrogen-bond acceptors (Lipinski definition) is 6. The fraction of sp³-hybridized carbons (Fsp3) is 0.533.